The van der Waals surface area contributed by atoms with Gasteiger partial charge in [-0.3, -0.25) is 13.9 Å². The predicted molar refractivity (Wildman–Crippen MR) is 168 cm³/mol. The van der Waals surface area contributed by atoms with Gasteiger partial charge in [0.25, 0.3) is 10.0 Å². The van der Waals surface area contributed by atoms with E-state index in [2.05, 4.69) is 5.32 Å². The van der Waals surface area contributed by atoms with Gasteiger partial charge in [-0.2, -0.15) is 0 Å². The summed E-state index contributed by atoms with van der Waals surface area (Å²) >= 11 is 6.21. The summed E-state index contributed by atoms with van der Waals surface area (Å²) < 4.78 is 29.3. The molecule has 1 saturated carbocycles. The van der Waals surface area contributed by atoms with Crippen molar-refractivity contribution in [2.45, 2.75) is 83.3 Å². The maximum absolute atomic E-state index is 14.3. The second-order valence-electron chi connectivity index (χ2n) is 11.1. The minimum absolute atomic E-state index is 0.0757. The van der Waals surface area contributed by atoms with Crippen molar-refractivity contribution in [2.75, 3.05) is 10.8 Å². The van der Waals surface area contributed by atoms with Crippen LogP contribution in [0.1, 0.15) is 61.3 Å². The normalized spacial score (nSPS) is 14.4. The molecular weight excluding hydrogens is 570 g/mol. The highest BCUT2D eigenvalue weighted by Crippen LogP contribution is 2.30. The Kier molecular flexibility index (Phi) is 10.3. The van der Waals surface area contributed by atoms with Crippen molar-refractivity contribution in [1.29, 1.82) is 0 Å². The molecule has 7 nitrogen and oxygen atoms in total. The van der Waals surface area contributed by atoms with E-state index in [0.717, 1.165) is 46.7 Å². The van der Waals surface area contributed by atoms with Gasteiger partial charge in [0, 0.05) is 17.6 Å². The lowest BCUT2D eigenvalue weighted by molar-refractivity contribution is -0.140. The summed E-state index contributed by atoms with van der Waals surface area (Å²) in [4.78, 5) is 29.5. The predicted octanol–water partition coefficient (Wildman–Crippen LogP) is 6.33. The fourth-order valence-electron chi connectivity index (χ4n) is 5.51. The number of nitrogens with one attached hydrogen (secondary N) is 1. The molecule has 0 saturated heterocycles. The molecule has 0 aliphatic heterocycles. The lowest BCUT2D eigenvalue weighted by atomic mass is 10.1. The fourth-order valence-corrected chi connectivity index (χ4v) is 7.21. The molecule has 1 unspecified atom stereocenters. The molecule has 224 valence electrons. The summed E-state index contributed by atoms with van der Waals surface area (Å²) in [5.41, 5.74) is 3.77. The molecule has 0 aromatic heterocycles. The number of carbonyl (C=O) groups excluding carboxylic acids is 2. The van der Waals surface area contributed by atoms with Crippen LogP contribution in [0.15, 0.2) is 71.6 Å². The number of rotatable bonds is 11. The minimum atomic E-state index is -4.14. The lowest BCUT2D eigenvalue weighted by Gasteiger charge is -2.34. The van der Waals surface area contributed by atoms with Crippen LogP contribution < -0.4 is 9.62 Å². The van der Waals surface area contributed by atoms with Crippen molar-refractivity contribution >= 4 is 39.1 Å². The topological polar surface area (TPSA) is 86.8 Å². The third-order valence-electron chi connectivity index (χ3n) is 8.00. The quantitative estimate of drug-likeness (QED) is 0.275. The molecule has 42 heavy (non-hydrogen) atoms. The number of aryl methyl sites for hydroxylation is 3. The highest BCUT2D eigenvalue weighted by atomic mass is 35.5. The van der Waals surface area contributed by atoms with Gasteiger partial charge in [-0.05, 0) is 87.1 Å². The molecule has 3 aromatic carbocycles. The number of anilines is 1. The molecule has 1 N–H and O–H groups in total. The first-order chi connectivity index (χ1) is 20.0. The van der Waals surface area contributed by atoms with Crippen LogP contribution >= 0.6 is 11.6 Å². The number of sulfonamides is 1. The largest absolute Gasteiger partial charge is 0.352 e. The number of benzene rings is 3. The van der Waals surface area contributed by atoms with E-state index in [1.54, 1.807) is 49.4 Å². The fraction of sp³-hybridized carbons (Fsp3) is 0.394. The second-order valence-corrected chi connectivity index (χ2v) is 13.4. The standard InChI is InChI=1S/C33H40ClN3O4S/c1-5-30(33(39)35-28-12-8-9-13-28)36(21-26-11-7-6-10-24(26)3)32(38)22-37(31-19-16-27(34)20-25(31)4)42(40,41)29-17-14-23(2)15-18-29/h6-7,10-11,14-20,28,30H,5,8-9,12-13,21-22H2,1-4H3,(H,35,39). The van der Waals surface area contributed by atoms with E-state index in [9.17, 15) is 18.0 Å². The summed E-state index contributed by atoms with van der Waals surface area (Å²) in [5, 5.41) is 3.61. The van der Waals surface area contributed by atoms with E-state index in [0.29, 0.717) is 22.7 Å². The highest BCUT2D eigenvalue weighted by Gasteiger charge is 2.35. The molecular formula is C33H40ClN3O4S. The maximum Gasteiger partial charge on any atom is 0.264 e. The van der Waals surface area contributed by atoms with Crippen LogP contribution in [0.2, 0.25) is 5.02 Å². The molecule has 4 rings (SSSR count). The van der Waals surface area contributed by atoms with E-state index < -0.39 is 28.5 Å². The molecule has 1 fully saturated rings. The minimum Gasteiger partial charge on any atom is -0.352 e. The van der Waals surface area contributed by atoms with Crippen molar-refractivity contribution in [1.82, 2.24) is 10.2 Å². The second kappa shape index (κ2) is 13.7. The lowest BCUT2D eigenvalue weighted by Crippen LogP contribution is -2.53. The molecule has 2 amide bonds. The maximum atomic E-state index is 14.3. The van der Waals surface area contributed by atoms with Crippen molar-refractivity contribution in [3.8, 4) is 0 Å². The summed E-state index contributed by atoms with van der Waals surface area (Å²) in [6.45, 7) is 7.19. The van der Waals surface area contributed by atoms with Gasteiger partial charge >= 0.3 is 0 Å². The van der Waals surface area contributed by atoms with Gasteiger partial charge in [-0.1, -0.05) is 73.3 Å². The zero-order chi connectivity index (χ0) is 30.4. The zero-order valence-electron chi connectivity index (χ0n) is 24.8. The first kappa shape index (κ1) is 31.6. The summed E-state index contributed by atoms with van der Waals surface area (Å²) in [5.74, 6) is -0.668. The first-order valence-electron chi connectivity index (χ1n) is 14.5. The van der Waals surface area contributed by atoms with Crippen molar-refractivity contribution < 1.29 is 18.0 Å². The van der Waals surface area contributed by atoms with Gasteiger partial charge in [-0.15, -0.1) is 0 Å². The smallest absolute Gasteiger partial charge is 0.264 e. The molecule has 9 heteroatoms. The first-order valence-corrected chi connectivity index (χ1v) is 16.3. The van der Waals surface area contributed by atoms with Crippen molar-refractivity contribution in [3.05, 3.63) is 94.0 Å². The van der Waals surface area contributed by atoms with Crippen LogP contribution in [0.25, 0.3) is 0 Å². The van der Waals surface area contributed by atoms with Gasteiger partial charge in [-0.25, -0.2) is 8.42 Å². The van der Waals surface area contributed by atoms with E-state index >= 15 is 0 Å². The van der Waals surface area contributed by atoms with Crippen LogP contribution in [0.3, 0.4) is 0 Å². The molecule has 1 aliphatic rings. The Bertz CT molecular complexity index is 1520. The molecule has 0 heterocycles. The van der Waals surface area contributed by atoms with Gasteiger partial charge in [0.15, 0.2) is 0 Å². The van der Waals surface area contributed by atoms with Crippen LogP contribution in [0, 0.1) is 20.8 Å². The van der Waals surface area contributed by atoms with Crippen LogP contribution in [-0.2, 0) is 26.2 Å². The molecule has 0 spiro atoms. The van der Waals surface area contributed by atoms with Gasteiger partial charge in [0.05, 0.1) is 10.6 Å². The van der Waals surface area contributed by atoms with E-state index in [1.807, 2.05) is 45.0 Å². The number of hydrogen-bond donors (Lipinski definition) is 1. The SMILES string of the molecule is CCC(C(=O)NC1CCCC1)N(Cc1ccccc1C)C(=O)CN(c1ccc(Cl)cc1C)S(=O)(=O)c1ccc(C)cc1. The average molecular weight is 610 g/mol. The Balaban J connectivity index is 1.75. The Morgan fingerprint density at radius 2 is 1.62 bits per heavy atom. The third-order valence-corrected chi connectivity index (χ3v) is 10.0. The molecule has 0 radical (unpaired) electrons. The van der Waals surface area contributed by atoms with Crippen molar-refractivity contribution in [2.24, 2.45) is 0 Å². The number of halogens is 1. The van der Waals surface area contributed by atoms with Crippen LogP contribution in [-0.4, -0.2) is 43.8 Å². The van der Waals surface area contributed by atoms with Crippen LogP contribution in [0.4, 0.5) is 5.69 Å². The third kappa shape index (κ3) is 7.34. The Morgan fingerprint density at radius 3 is 2.24 bits per heavy atom. The van der Waals surface area contributed by atoms with Crippen molar-refractivity contribution in [3.63, 3.8) is 0 Å². The Morgan fingerprint density at radius 1 is 0.952 bits per heavy atom. The number of hydrogen-bond acceptors (Lipinski definition) is 4. The van der Waals surface area contributed by atoms with E-state index in [1.165, 1.54) is 4.90 Å². The Labute approximate surface area is 254 Å². The van der Waals surface area contributed by atoms with Gasteiger partial charge < -0.3 is 10.2 Å². The number of amides is 2. The molecule has 0 bridgehead atoms. The van der Waals surface area contributed by atoms with E-state index in [4.69, 9.17) is 11.6 Å². The van der Waals surface area contributed by atoms with Crippen LogP contribution in [0.5, 0.6) is 0 Å². The summed E-state index contributed by atoms with van der Waals surface area (Å²) in [6.07, 6.45) is 4.37. The monoisotopic (exact) mass is 609 g/mol. The molecule has 1 aliphatic carbocycles. The number of carbonyl (C=O) groups is 2. The summed E-state index contributed by atoms with van der Waals surface area (Å²) in [7, 11) is -4.14. The average Bonchev–Trinajstić information content (AvgIpc) is 3.46. The van der Waals surface area contributed by atoms with E-state index in [-0.39, 0.29) is 23.4 Å². The highest BCUT2D eigenvalue weighted by molar-refractivity contribution is 7.92. The molecule has 3 aromatic rings. The number of nitrogens with zero attached hydrogens (tertiary/aromatic N) is 2. The van der Waals surface area contributed by atoms with Gasteiger partial charge in [0.1, 0.15) is 12.6 Å². The Hall–Kier alpha value is -3.36. The van der Waals surface area contributed by atoms with Gasteiger partial charge in [0.2, 0.25) is 11.8 Å². The summed E-state index contributed by atoms with van der Waals surface area (Å²) in [6, 6.07) is 18.5. The molecule has 1 atom stereocenters. The zero-order valence-corrected chi connectivity index (χ0v) is 26.3.